The Bertz CT molecular complexity index is 559. The van der Waals surface area contributed by atoms with Gasteiger partial charge in [0, 0.05) is 25.6 Å². The van der Waals surface area contributed by atoms with Gasteiger partial charge in [0.15, 0.2) is 0 Å². The van der Waals surface area contributed by atoms with Crippen LogP contribution in [0.2, 0.25) is 0 Å². The van der Waals surface area contributed by atoms with Crippen molar-refractivity contribution in [1.82, 2.24) is 9.80 Å². The molecule has 0 unspecified atom stereocenters. The lowest BCUT2D eigenvalue weighted by atomic mass is 9.95. The summed E-state index contributed by atoms with van der Waals surface area (Å²) in [5.74, 6) is -0.364. The number of rotatable bonds is 4. The smallest absolute Gasteiger partial charge is 0.401 e. The van der Waals surface area contributed by atoms with E-state index >= 15 is 0 Å². The van der Waals surface area contributed by atoms with E-state index in [0.717, 1.165) is 19.3 Å². The van der Waals surface area contributed by atoms with Crippen LogP contribution in [0.4, 0.5) is 26.3 Å². The van der Waals surface area contributed by atoms with Gasteiger partial charge in [0.25, 0.3) is 0 Å². The molecule has 2 saturated heterocycles. The molecule has 200 valence electrons. The summed E-state index contributed by atoms with van der Waals surface area (Å²) in [6, 6.07) is -0.0823. The summed E-state index contributed by atoms with van der Waals surface area (Å²) >= 11 is 0. The molecule has 13 heteroatoms. The van der Waals surface area contributed by atoms with Gasteiger partial charge in [0.2, 0.25) is 0 Å². The number of halogens is 8. The van der Waals surface area contributed by atoms with Gasteiger partial charge in [-0.15, -0.1) is 24.8 Å². The summed E-state index contributed by atoms with van der Waals surface area (Å²) in [4.78, 5) is 14.4. The van der Waals surface area contributed by atoms with Crippen LogP contribution in [0.25, 0.3) is 0 Å². The van der Waals surface area contributed by atoms with Gasteiger partial charge in [-0.1, -0.05) is 0 Å². The number of piperidine rings is 2. The van der Waals surface area contributed by atoms with Crippen LogP contribution < -0.4 is 5.73 Å². The molecule has 33 heavy (non-hydrogen) atoms. The van der Waals surface area contributed by atoms with E-state index in [4.69, 9.17) is 10.5 Å². The number of likely N-dealkylation sites (tertiary alicyclic amines) is 2. The molecule has 2 N–H and O–H groups in total. The minimum Gasteiger partial charge on any atom is -0.460 e. The maximum Gasteiger partial charge on any atom is 0.401 e. The molecule has 0 aromatic rings. The highest BCUT2D eigenvalue weighted by molar-refractivity contribution is 5.85. The van der Waals surface area contributed by atoms with Crippen molar-refractivity contribution in [2.24, 2.45) is 11.7 Å². The van der Waals surface area contributed by atoms with Crippen LogP contribution in [0, 0.1) is 5.92 Å². The highest BCUT2D eigenvalue weighted by Crippen LogP contribution is 2.25. The molecule has 2 aliphatic heterocycles. The second-order valence-corrected chi connectivity index (χ2v) is 9.40. The molecule has 0 radical (unpaired) electrons. The monoisotopic (exact) mass is 535 g/mol. The predicted molar refractivity (Wildman–Crippen MR) is 120 cm³/mol. The fraction of sp³-hybridized carbons (Fsp3) is 0.950. The van der Waals surface area contributed by atoms with Crippen LogP contribution in [-0.2, 0) is 9.53 Å². The molecule has 2 fully saturated rings. The van der Waals surface area contributed by atoms with E-state index in [2.05, 4.69) is 0 Å². The Morgan fingerprint density at radius 1 is 0.879 bits per heavy atom. The number of ether oxygens (including phenoxy) is 1. The van der Waals surface area contributed by atoms with Gasteiger partial charge >= 0.3 is 18.3 Å². The lowest BCUT2D eigenvalue weighted by molar-refractivity contribution is -0.158. The molecule has 2 aliphatic rings. The first-order valence-corrected chi connectivity index (χ1v) is 10.6. The van der Waals surface area contributed by atoms with Crippen LogP contribution in [0.5, 0.6) is 0 Å². The molecule has 0 saturated carbocycles. The number of carbonyl (C=O) groups excluding carboxylic acids is 1. The first kappa shape index (κ1) is 34.7. The molecule has 2 atom stereocenters. The number of hydrogen-bond acceptors (Lipinski definition) is 5. The van der Waals surface area contributed by atoms with Crippen LogP contribution in [0.1, 0.15) is 52.9 Å². The van der Waals surface area contributed by atoms with Crippen LogP contribution in [0.3, 0.4) is 0 Å². The summed E-state index contributed by atoms with van der Waals surface area (Å²) in [5, 5.41) is 0. The molecule has 2 heterocycles. The van der Waals surface area contributed by atoms with E-state index in [1.165, 1.54) is 9.80 Å². The summed E-state index contributed by atoms with van der Waals surface area (Å²) in [7, 11) is 0. The van der Waals surface area contributed by atoms with Crippen molar-refractivity contribution in [1.29, 1.82) is 0 Å². The van der Waals surface area contributed by atoms with Gasteiger partial charge in [-0.25, -0.2) is 0 Å². The molecule has 0 amide bonds. The van der Waals surface area contributed by atoms with Gasteiger partial charge < -0.3 is 10.5 Å². The highest BCUT2D eigenvalue weighted by atomic mass is 35.5. The average molecular weight is 536 g/mol. The number of nitrogens with zero attached hydrogens (tertiary/aromatic N) is 2. The van der Waals surface area contributed by atoms with Crippen molar-refractivity contribution >= 4 is 30.8 Å². The fourth-order valence-electron chi connectivity index (χ4n) is 3.82. The summed E-state index contributed by atoms with van der Waals surface area (Å²) in [6.45, 7) is 5.29. The Kier molecular flexibility index (Phi) is 15.6. The van der Waals surface area contributed by atoms with Crippen LogP contribution >= 0.6 is 24.8 Å². The zero-order valence-corrected chi connectivity index (χ0v) is 20.9. The first-order chi connectivity index (χ1) is 14.0. The number of esters is 1. The zero-order valence-electron chi connectivity index (χ0n) is 19.3. The van der Waals surface area contributed by atoms with E-state index in [1.807, 2.05) is 0 Å². The molecular weight excluding hydrogens is 499 g/mol. The summed E-state index contributed by atoms with van der Waals surface area (Å²) in [6.07, 6.45) is -4.96. The average Bonchev–Trinajstić information content (AvgIpc) is 2.50. The fourth-order valence-corrected chi connectivity index (χ4v) is 3.82. The van der Waals surface area contributed by atoms with Crippen molar-refractivity contribution in [2.75, 3.05) is 39.3 Å². The molecule has 0 spiro atoms. The minimum atomic E-state index is -4.17. The van der Waals surface area contributed by atoms with Crippen LogP contribution in [-0.4, -0.2) is 79.0 Å². The molecule has 2 rings (SSSR count). The molecule has 0 aromatic heterocycles. The normalized spacial score (nSPS) is 22.8. The Balaban J connectivity index is 0. The van der Waals surface area contributed by atoms with E-state index in [0.29, 0.717) is 32.6 Å². The second kappa shape index (κ2) is 14.8. The maximum absolute atomic E-state index is 12.3. The summed E-state index contributed by atoms with van der Waals surface area (Å²) in [5.41, 5.74) is 4.99. The minimum absolute atomic E-state index is 0. The number of alkyl halides is 6. The molecule has 0 aliphatic carbocycles. The second-order valence-electron chi connectivity index (χ2n) is 9.40. The highest BCUT2D eigenvalue weighted by Gasteiger charge is 2.34. The van der Waals surface area contributed by atoms with E-state index in [-0.39, 0.29) is 49.2 Å². The van der Waals surface area contributed by atoms with Crippen molar-refractivity contribution in [3.8, 4) is 0 Å². The van der Waals surface area contributed by atoms with Crippen molar-refractivity contribution in [2.45, 2.75) is 76.9 Å². The van der Waals surface area contributed by atoms with Gasteiger partial charge in [-0.3, -0.25) is 14.6 Å². The molecule has 0 bridgehead atoms. The lowest BCUT2D eigenvalue weighted by Gasteiger charge is -2.33. The van der Waals surface area contributed by atoms with Crippen molar-refractivity contribution in [3.63, 3.8) is 0 Å². The topological polar surface area (TPSA) is 58.8 Å². The third kappa shape index (κ3) is 18.5. The van der Waals surface area contributed by atoms with Gasteiger partial charge in [-0.05, 0) is 65.5 Å². The Morgan fingerprint density at radius 2 is 1.33 bits per heavy atom. The quantitative estimate of drug-likeness (QED) is 0.413. The Labute approximate surface area is 204 Å². The lowest BCUT2D eigenvalue weighted by Crippen LogP contribution is -2.46. The van der Waals surface area contributed by atoms with E-state index in [1.54, 1.807) is 20.8 Å². The van der Waals surface area contributed by atoms with E-state index < -0.39 is 31.0 Å². The third-order valence-electron chi connectivity index (χ3n) is 4.83. The Morgan fingerprint density at radius 3 is 1.76 bits per heavy atom. The largest absolute Gasteiger partial charge is 0.460 e. The van der Waals surface area contributed by atoms with Gasteiger partial charge in [-0.2, -0.15) is 26.3 Å². The predicted octanol–water partition coefficient (Wildman–Crippen LogP) is 4.81. The molecule has 5 nitrogen and oxygen atoms in total. The zero-order chi connectivity index (χ0) is 23.9. The standard InChI is InChI=1S/C13H22F3NO2.C7H13F3N2.2ClH/c1-12(2,3)19-11(18)7-10-5-4-6-17(8-10)9-13(14,15)16;8-7(9,10)5-12-3-1-2-6(11)4-12;;/h10H,4-9H2,1-3H3;6H,1-5,11H2;2*1H/t10-;6-;;/m01../s1. The SMILES string of the molecule is CC(C)(C)OC(=O)C[C@@H]1CCCN(CC(F)(F)F)C1.Cl.Cl.N[C@@H]1CCCN(CC(F)(F)F)C1. The van der Waals surface area contributed by atoms with Gasteiger partial charge in [0.05, 0.1) is 13.1 Å². The maximum atomic E-state index is 12.3. The third-order valence-corrected chi connectivity index (χ3v) is 4.83. The summed E-state index contributed by atoms with van der Waals surface area (Å²) < 4.78 is 77.8. The number of hydrogen-bond donors (Lipinski definition) is 1. The molecule has 0 aromatic carbocycles. The number of carbonyl (C=O) groups is 1. The van der Waals surface area contributed by atoms with Crippen molar-refractivity contribution in [3.05, 3.63) is 0 Å². The Hall–Kier alpha value is -0.490. The number of nitrogens with two attached hydrogens (primary N) is 1. The van der Waals surface area contributed by atoms with Gasteiger partial charge in [0.1, 0.15) is 5.60 Å². The first-order valence-electron chi connectivity index (χ1n) is 10.6. The van der Waals surface area contributed by atoms with Crippen molar-refractivity contribution < 1.29 is 35.9 Å². The molecular formula is C20H37Cl2F6N3O2. The van der Waals surface area contributed by atoms with E-state index in [9.17, 15) is 31.1 Å². The van der Waals surface area contributed by atoms with Crippen LogP contribution in [0.15, 0.2) is 0 Å².